The molecule has 0 fully saturated rings. The van der Waals surface area contributed by atoms with Gasteiger partial charge >= 0.3 is 0 Å². The molecule has 12 rings (SSSR count). The Hall–Kier alpha value is -10.0. The summed E-state index contributed by atoms with van der Waals surface area (Å²) < 4.78 is 65.7. The third kappa shape index (κ3) is 7.98. The second-order valence-electron chi connectivity index (χ2n) is 18.0. The van der Waals surface area contributed by atoms with Crippen molar-refractivity contribution in [3.8, 4) is 56.6 Å². The lowest BCUT2D eigenvalue weighted by Gasteiger charge is -2.30. The predicted molar refractivity (Wildman–Crippen MR) is 291 cm³/mol. The minimum absolute atomic E-state index is 0.0817. The number of anilines is 6. The Labute approximate surface area is 424 Å². The molecule has 0 atom stereocenters. The number of nitriles is 2. The Morgan fingerprint density at radius 2 is 0.635 bits per heavy atom. The van der Waals surface area contributed by atoms with Gasteiger partial charge in [0.2, 0.25) is 0 Å². The monoisotopic (exact) mass is 962 g/mol. The molecule has 0 amide bonds. The first-order valence-electron chi connectivity index (χ1n) is 23.9. The molecule has 0 bridgehead atoms. The van der Waals surface area contributed by atoms with Gasteiger partial charge in [-0.15, -0.1) is 0 Å². The van der Waals surface area contributed by atoms with Crippen molar-refractivity contribution in [2.45, 2.75) is 0 Å². The van der Waals surface area contributed by atoms with Gasteiger partial charge in [0.1, 0.15) is 23.3 Å². The van der Waals surface area contributed by atoms with Crippen LogP contribution in [-0.2, 0) is 0 Å². The lowest BCUT2D eigenvalue weighted by molar-refractivity contribution is 0.586. The summed E-state index contributed by atoms with van der Waals surface area (Å²) >= 11 is 0. The molecule has 12 aromatic carbocycles. The van der Waals surface area contributed by atoms with Gasteiger partial charge in [-0.1, -0.05) is 146 Å². The highest BCUT2D eigenvalue weighted by molar-refractivity contribution is 6.28. The van der Waals surface area contributed by atoms with Gasteiger partial charge in [0, 0.05) is 45.4 Å². The molecule has 350 valence electrons. The highest BCUT2D eigenvalue weighted by Crippen LogP contribution is 2.49. The van der Waals surface area contributed by atoms with Crippen LogP contribution in [0.25, 0.3) is 76.8 Å². The van der Waals surface area contributed by atoms with Crippen molar-refractivity contribution in [1.82, 2.24) is 0 Å². The minimum Gasteiger partial charge on any atom is -0.307 e. The topological polar surface area (TPSA) is 54.1 Å². The van der Waals surface area contributed by atoms with E-state index in [9.17, 15) is 10.5 Å². The maximum Gasteiger partial charge on any atom is 0.150 e. The van der Waals surface area contributed by atoms with Gasteiger partial charge < -0.3 is 9.80 Å². The molecule has 0 heterocycles. The van der Waals surface area contributed by atoms with E-state index in [1.807, 2.05) is 158 Å². The van der Waals surface area contributed by atoms with Crippen molar-refractivity contribution in [3.63, 3.8) is 0 Å². The fourth-order valence-electron chi connectivity index (χ4n) is 10.2. The summed E-state index contributed by atoms with van der Waals surface area (Å²) in [7, 11) is 0. The smallest absolute Gasteiger partial charge is 0.150 e. The first-order valence-corrected chi connectivity index (χ1v) is 23.9. The molecule has 0 unspecified atom stereocenters. The zero-order valence-electron chi connectivity index (χ0n) is 39.2. The number of hydrogen-bond acceptors (Lipinski definition) is 4. The standard InChI is InChI=1S/C66H38F4N4/c67-57-37-59(69)63(35-55(57)47-19-15-45(16-20-47)43-7-3-1-4-8-43)73(51-27-11-41(39-71)12-28-51)61-33-25-49-24-32-54-62(34-26-50-23-31-53(61)65(49)66(50)54)74(52-29-13-42(40-72)14-30-52)64-36-56(58(68)38-60(64)70)48-21-17-46(18-22-48)44-9-5-2-6-10-44/h1-38H. The van der Waals surface area contributed by atoms with Gasteiger partial charge in [0.25, 0.3) is 0 Å². The van der Waals surface area contributed by atoms with E-state index in [0.717, 1.165) is 66.7 Å². The molecule has 0 aromatic heterocycles. The van der Waals surface area contributed by atoms with E-state index in [1.165, 1.54) is 12.1 Å². The quantitative estimate of drug-likeness (QED) is 0.101. The lowest BCUT2D eigenvalue weighted by atomic mass is 9.91. The van der Waals surface area contributed by atoms with Crippen LogP contribution in [0.15, 0.2) is 231 Å². The SMILES string of the molecule is N#Cc1ccc(N(c2cc(-c3ccc(-c4ccccc4)cc3)c(F)cc2F)c2ccc3ccc4c(N(c5ccc(C#N)cc5)c5cc(-c6ccc(-c7ccccc7)cc6)c(F)cc5F)ccc5ccc2c3c54)cc1. The molecule has 0 spiro atoms. The minimum atomic E-state index is -0.796. The van der Waals surface area contributed by atoms with Crippen LogP contribution in [0, 0.1) is 45.9 Å². The van der Waals surface area contributed by atoms with E-state index in [0.29, 0.717) is 45.0 Å². The molecule has 0 N–H and O–H groups in total. The van der Waals surface area contributed by atoms with Crippen molar-refractivity contribution in [1.29, 1.82) is 10.5 Å². The normalized spacial score (nSPS) is 11.2. The number of benzene rings is 12. The molecule has 0 aliphatic rings. The van der Waals surface area contributed by atoms with Gasteiger partial charge in [-0.3, -0.25) is 0 Å². The van der Waals surface area contributed by atoms with Gasteiger partial charge in [0.15, 0.2) is 0 Å². The van der Waals surface area contributed by atoms with Crippen molar-refractivity contribution >= 4 is 66.4 Å². The Balaban J connectivity index is 1.04. The first kappa shape index (κ1) is 45.1. The highest BCUT2D eigenvalue weighted by atomic mass is 19.1. The van der Waals surface area contributed by atoms with Gasteiger partial charge in [-0.25, -0.2) is 17.6 Å². The molecular weight excluding hydrogens is 925 g/mol. The number of rotatable bonds is 10. The van der Waals surface area contributed by atoms with Crippen molar-refractivity contribution in [3.05, 3.63) is 265 Å². The molecular formula is C66H38F4N4. The summed E-state index contributed by atoms with van der Waals surface area (Å²) in [6.45, 7) is 0. The zero-order chi connectivity index (χ0) is 50.5. The van der Waals surface area contributed by atoms with E-state index >= 15 is 17.6 Å². The van der Waals surface area contributed by atoms with E-state index in [1.54, 1.807) is 58.3 Å². The molecule has 0 saturated heterocycles. The first-order chi connectivity index (χ1) is 36.2. The maximum atomic E-state index is 16.8. The zero-order valence-corrected chi connectivity index (χ0v) is 39.2. The van der Waals surface area contributed by atoms with Gasteiger partial charge in [-0.05, 0) is 128 Å². The summed E-state index contributed by atoms with van der Waals surface area (Å²) in [6.07, 6.45) is 0. The van der Waals surface area contributed by atoms with Crippen LogP contribution in [0.2, 0.25) is 0 Å². The third-order valence-corrected chi connectivity index (χ3v) is 13.8. The molecule has 0 saturated carbocycles. The highest BCUT2D eigenvalue weighted by Gasteiger charge is 2.26. The average molecular weight is 963 g/mol. The summed E-state index contributed by atoms with van der Waals surface area (Å²) in [6, 6.07) is 73.1. The van der Waals surface area contributed by atoms with Crippen molar-refractivity contribution < 1.29 is 17.6 Å². The Bertz CT molecular complexity index is 3890. The third-order valence-electron chi connectivity index (χ3n) is 13.8. The van der Waals surface area contributed by atoms with Gasteiger partial charge in [0.05, 0.1) is 46.0 Å². The van der Waals surface area contributed by atoms with E-state index in [-0.39, 0.29) is 22.5 Å². The fourth-order valence-corrected chi connectivity index (χ4v) is 10.2. The maximum absolute atomic E-state index is 16.8. The molecule has 0 aliphatic heterocycles. The second-order valence-corrected chi connectivity index (χ2v) is 18.0. The van der Waals surface area contributed by atoms with E-state index in [2.05, 4.69) is 12.1 Å². The predicted octanol–water partition coefficient (Wildman–Crippen LogP) is 18.5. The van der Waals surface area contributed by atoms with Crippen LogP contribution in [0.4, 0.5) is 51.7 Å². The molecule has 4 nitrogen and oxygen atoms in total. The van der Waals surface area contributed by atoms with Gasteiger partial charge in [-0.2, -0.15) is 10.5 Å². The Kier molecular flexibility index (Phi) is 11.4. The number of nitrogens with zero attached hydrogens (tertiary/aromatic N) is 4. The molecule has 0 aliphatic carbocycles. The Morgan fingerprint density at radius 3 is 1.00 bits per heavy atom. The molecule has 0 radical (unpaired) electrons. The lowest BCUT2D eigenvalue weighted by Crippen LogP contribution is -2.14. The summed E-state index contributed by atoms with van der Waals surface area (Å²) in [5, 5.41) is 24.4. The largest absolute Gasteiger partial charge is 0.307 e. The fraction of sp³-hybridized carbons (Fsp3) is 0. The van der Waals surface area contributed by atoms with Crippen LogP contribution in [0.5, 0.6) is 0 Å². The molecule has 8 heteroatoms. The molecule has 74 heavy (non-hydrogen) atoms. The van der Waals surface area contributed by atoms with E-state index in [4.69, 9.17) is 0 Å². The summed E-state index contributed by atoms with van der Waals surface area (Å²) in [5.41, 5.74) is 8.62. The van der Waals surface area contributed by atoms with Crippen LogP contribution in [-0.4, -0.2) is 0 Å². The Morgan fingerprint density at radius 1 is 0.297 bits per heavy atom. The number of halogens is 4. The second kappa shape index (κ2) is 18.6. The van der Waals surface area contributed by atoms with Crippen molar-refractivity contribution in [2.75, 3.05) is 9.80 Å². The molecule has 12 aromatic rings. The summed E-state index contributed by atoms with van der Waals surface area (Å²) in [4.78, 5) is 3.49. The number of hydrogen-bond donors (Lipinski definition) is 0. The average Bonchev–Trinajstić information content (AvgIpc) is 3.46. The van der Waals surface area contributed by atoms with E-state index < -0.39 is 23.3 Å². The van der Waals surface area contributed by atoms with Crippen LogP contribution < -0.4 is 9.80 Å². The van der Waals surface area contributed by atoms with Crippen LogP contribution >= 0.6 is 0 Å². The van der Waals surface area contributed by atoms with Crippen LogP contribution in [0.3, 0.4) is 0 Å². The van der Waals surface area contributed by atoms with Crippen molar-refractivity contribution in [2.24, 2.45) is 0 Å². The van der Waals surface area contributed by atoms with Crippen LogP contribution in [0.1, 0.15) is 11.1 Å². The summed E-state index contributed by atoms with van der Waals surface area (Å²) in [5.74, 6) is -3.04.